The number of hydrogen-bond acceptors (Lipinski definition) is 8. The standard InChI is InChI=1S/C23H31N7O4S/c1-15-11-28(12-16-14-34-8-5-29(15)16)18-9-17(35(32)19-10-23(19,2)26-35)13-30-20(18)24-25-21(30)22(31)27-3-6-33-7-4-27/h9,13,15-16H,3-8,10-12,14H2,1-2H3,(H,26,32)/t15-,16+,23?,35?/m0/s1. The van der Waals surface area contributed by atoms with Crippen LogP contribution in [0.2, 0.25) is 0 Å². The van der Waals surface area contributed by atoms with Gasteiger partial charge in [-0.25, -0.2) is 8.93 Å². The lowest BCUT2D eigenvalue weighted by Gasteiger charge is -2.48. The van der Waals surface area contributed by atoms with Crippen LogP contribution in [0.15, 0.2) is 17.2 Å². The number of piperazine rings is 1. The first-order chi connectivity index (χ1) is 16.9. The Hall–Kier alpha value is -2.25. The molecule has 0 spiro atoms. The maximum atomic E-state index is 13.9. The van der Waals surface area contributed by atoms with Gasteiger partial charge in [-0.1, -0.05) is 0 Å². The van der Waals surface area contributed by atoms with E-state index in [1.54, 1.807) is 15.5 Å². The molecule has 0 radical (unpaired) electrons. The maximum absolute atomic E-state index is 13.9. The molecule has 6 heterocycles. The topological polar surface area (TPSA) is 105 Å². The number of carbonyl (C=O) groups excluding carboxylic acids is 1. The summed E-state index contributed by atoms with van der Waals surface area (Å²) in [5.41, 5.74) is 1.38. The number of rotatable bonds is 3. The fourth-order valence-electron chi connectivity index (χ4n) is 6.07. The van der Waals surface area contributed by atoms with Gasteiger partial charge >= 0.3 is 0 Å². The fourth-order valence-corrected chi connectivity index (χ4v) is 8.98. The van der Waals surface area contributed by atoms with Crippen LogP contribution in [0.25, 0.3) is 5.65 Å². The molecule has 7 rings (SSSR count). The van der Waals surface area contributed by atoms with Crippen molar-refractivity contribution in [3.8, 4) is 0 Å². The quantitative estimate of drug-likeness (QED) is 0.567. The molecule has 5 aliphatic rings. The molecule has 0 aromatic carbocycles. The Morgan fingerprint density at radius 2 is 1.97 bits per heavy atom. The predicted molar refractivity (Wildman–Crippen MR) is 130 cm³/mol. The van der Waals surface area contributed by atoms with E-state index >= 15 is 0 Å². The van der Waals surface area contributed by atoms with Crippen LogP contribution in [0.4, 0.5) is 5.69 Å². The van der Waals surface area contributed by atoms with Crippen molar-refractivity contribution in [3.63, 3.8) is 0 Å². The van der Waals surface area contributed by atoms with Crippen LogP contribution in [-0.4, -0.2) is 116 Å². The Kier molecular flexibility index (Phi) is 4.79. The first-order valence-electron chi connectivity index (χ1n) is 12.4. The van der Waals surface area contributed by atoms with E-state index in [2.05, 4.69) is 38.6 Å². The number of morpholine rings is 2. The summed E-state index contributed by atoms with van der Waals surface area (Å²) in [4.78, 5) is 21.7. The lowest BCUT2D eigenvalue weighted by atomic mass is 10.1. The first kappa shape index (κ1) is 22.0. The summed E-state index contributed by atoms with van der Waals surface area (Å²) in [5.74, 6) is 0.0757. The van der Waals surface area contributed by atoms with Gasteiger partial charge in [0.05, 0.1) is 58.3 Å². The predicted octanol–water partition coefficient (Wildman–Crippen LogP) is -0.393. The molecule has 12 heteroatoms. The van der Waals surface area contributed by atoms with E-state index in [1.807, 2.05) is 6.07 Å². The summed E-state index contributed by atoms with van der Waals surface area (Å²) in [6, 6.07) is 2.62. The van der Waals surface area contributed by atoms with E-state index in [1.165, 1.54) is 0 Å². The fraction of sp³-hybridized carbons (Fsp3) is 0.652. The van der Waals surface area contributed by atoms with Crippen molar-refractivity contribution in [2.75, 3.05) is 64.1 Å². The average Bonchev–Trinajstić information content (AvgIpc) is 3.23. The number of anilines is 1. The molecule has 0 bridgehead atoms. The van der Waals surface area contributed by atoms with E-state index in [9.17, 15) is 9.00 Å². The van der Waals surface area contributed by atoms with Gasteiger partial charge in [0.1, 0.15) is 0 Å². The molecule has 2 aromatic rings. The molecule has 35 heavy (non-hydrogen) atoms. The van der Waals surface area contributed by atoms with Gasteiger partial charge in [-0.2, -0.15) is 0 Å². The van der Waals surface area contributed by atoms with E-state index in [0.29, 0.717) is 49.5 Å². The lowest BCUT2D eigenvalue weighted by Crippen LogP contribution is -2.62. The molecule has 1 aliphatic carbocycles. The average molecular weight is 502 g/mol. The van der Waals surface area contributed by atoms with Crippen LogP contribution >= 0.6 is 0 Å². The van der Waals surface area contributed by atoms with Crippen LogP contribution in [-0.2, 0) is 19.2 Å². The number of nitrogens with zero attached hydrogens (tertiary/aromatic N) is 6. The van der Waals surface area contributed by atoms with Gasteiger partial charge in [-0.3, -0.25) is 14.1 Å². The number of pyridine rings is 1. The molecule has 2 unspecified atom stereocenters. The summed E-state index contributed by atoms with van der Waals surface area (Å²) < 4.78 is 30.2. The van der Waals surface area contributed by atoms with Crippen molar-refractivity contribution in [1.82, 2.24) is 29.1 Å². The number of ether oxygens (including phenoxy) is 2. The number of aromatic nitrogens is 3. The third-order valence-electron chi connectivity index (χ3n) is 8.10. The largest absolute Gasteiger partial charge is 0.378 e. The van der Waals surface area contributed by atoms with Crippen LogP contribution in [0.5, 0.6) is 0 Å². The molecule has 1 amide bonds. The second-order valence-electron chi connectivity index (χ2n) is 10.5. The third kappa shape index (κ3) is 3.27. The van der Waals surface area contributed by atoms with Gasteiger partial charge in [-0.15, -0.1) is 10.2 Å². The molecule has 188 valence electrons. The Morgan fingerprint density at radius 3 is 2.71 bits per heavy atom. The zero-order valence-electron chi connectivity index (χ0n) is 20.1. The Morgan fingerprint density at radius 1 is 1.17 bits per heavy atom. The summed E-state index contributed by atoms with van der Waals surface area (Å²) in [6.07, 6.45) is 2.63. The van der Waals surface area contributed by atoms with Crippen molar-refractivity contribution in [1.29, 1.82) is 0 Å². The van der Waals surface area contributed by atoms with Crippen LogP contribution in [0.1, 0.15) is 30.9 Å². The summed E-state index contributed by atoms with van der Waals surface area (Å²) >= 11 is 0. The number of amides is 1. The minimum Gasteiger partial charge on any atom is -0.378 e. The molecule has 2 aromatic heterocycles. The zero-order chi connectivity index (χ0) is 23.9. The second kappa shape index (κ2) is 7.62. The van der Waals surface area contributed by atoms with Crippen LogP contribution in [0.3, 0.4) is 0 Å². The molecule has 4 fully saturated rings. The van der Waals surface area contributed by atoms with E-state index < -0.39 is 9.71 Å². The molecule has 11 nitrogen and oxygen atoms in total. The number of carbonyl (C=O) groups is 1. The van der Waals surface area contributed by atoms with Crippen LogP contribution < -0.4 is 9.62 Å². The molecule has 3 saturated heterocycles. The van der Waals surface area contributed by atoms with E-state index in [4.69, 9.17) is 9.47 Å². The first-order valence-corrected chi connectivity index (χ1v) is 14.0. The van der Waals surface area contributed by atoms with Gasteiger partial charge in [0.2, 0.25) is 5.82 Å². The van der Waals surface area contributed by atoms with Crippen molar-refractivity contribution in [2.24, 2.45) is 0 Å². The molecule has 1 N–H and O–H groups in total. The molecular weight excluding hydrogens is 470 g/mol. The normalized spacial score (nSPS) is 35.0. The SMILES string of the molecule is C[C@H]1CN(c2cc(S3(=O)=C4CC4(C)N3)cn3c(C(=O)N4CCOCC4)nnc23)C[C@@H]2COCCN21. The summed E-state index contributed by atoms with van der Waals surface area (Å²) in [7, 11) is -2.48. The minimum absolute atomic E-state index is 0.106. The van der Waals surface area contributed by atoms with Crippen LogP contribution in [0, 0.1) is 0 Å². The van der Waals surface area contributed by atoms with Crippen molar-refractivity contribution in [2.45, 2.75) is 42.8 Å². The second-order valence-corrected chi connectivity index (χ2v) is 12.8. The smallest absolute Gasteiger partial charge is 0.292 e. The Balaban J connectivity index is 1.34. The lowest BCUT2D eigenvalue weighted by molar-refractivity contribution is -0.0317. The summed E-state index contributed by atoms with van der Waals surface area (Å²) in [5, 5.41) is 8.81. The maximum Gasteiger partial charge on any atom is 0.292 e. The monoisotopic (exact) mass is 501 g/mol. The molecule has 4 atom stereocenters. The third-order valence-corrected chi connectivity index (χ3v) is 11.0. The van der Waals surface area contributed by atoms with Gasteiger partial charge < -0.3 is 19.3 Å². The Bertz CT molecular complexity index is 1340. The van der Waals surface area contributed by atoms with Crippen molar-refractivity contribution < 1.29 is 18.5 Å². The van der Waals surface area contributed by atoms with Gasteiger partial charge in [0.25, 0.3) is 5.91 Å². The molecular formula is C23H31N7O4S. The van der Waals surface area contributed by atoms with Gasteiger partial charge in [-0.05, 0) is 19.9 Å². The van der Waals surface area contributed by atoms with E-state index in [0.717, 1.165) is 43.2 Å². The van der Waals surface area contributed by atoms with E-state index in [-0.39, 0.29) is 23.3 Å². The highest BCUT2D eigenvalue weighted by Crippen LogP contribution is 2.45. The molecule has 1 saturated carbocycles. The highest BCUT2D eigenvalue weighted by molar-refractivity contribution is 8.03. The zero-order valence-corrected chi connectivity index (χ0v) is 20.9. The minimum atomic E-state index is -2.48. The van der Waals surface area contributed by atoms with Crippen molar-refractivity contribution >= 4 is 31.8 Å². The Labute approximate surface area is 204 Å². The van der Waals surface area contributed by atoms with Gasteiger partial charge in [0.15, 0.2) is 5.65 Å². The van der Waals surface area contributed by atoms with Gasteiger partial charge in [0, 0.05) is 56.2 Å². The van der Waals surface area contributed by atoms with Crippen molar-refractivity contribution in [3.05, 3.63) is 18.1 Å². The number of hydrogen-bond donors (Lipinski definition) is 1. The highest BCUT2D eigenvalue weighted by Gasteiger charge is 2.60. The number of nitrogens with one attached hydrogen (secondary N) is 1. The summed E-state index contributed by atoms with van der Waals surface area (Å²) in [6.45, 7) is 10.4. The number of fused-ring (bicyclic) bond motifs is 3. The molecule has 4 aliphatic heterocycles. The highest BCUT2D eigenvalue weighted by atomic mass is 32.2.